The maximum Gasteiger partial charge on any atom is 0.411 e. The number of hydrogen-bond acceptors (Lipinski definition) is 5. The van der Waals surface area contributed by atoms with E-state index in [0.29, 0.717) is 26.1 Å². The quantitative estimate of drug-likeness (QED) is 0.631. The Morgan fingerprint density at radius 2 is 1.53 bits per heavy atom. The first kappa shape index (κ1) is 22.9. The van der Waals surface area contributed by atoms with E-state index >= 15 is 0 Å². The molecule has 0 N–H and O–H groups in total. The van der Waals surface area contributed by atoms with Gasteiger partial charge < -0.3 is 4.74 Å². The SMILES string of the molecule is CC(C)(C)OC(=O)N1CC2(CN(Cc3ccccc3)C2)CC12CN(OCc1ccccc1)C2=O. The molecule has 0 radical (unpaired) electrons. The molecular formula is C27H33N3O4. The van der Waals surface area contributed by atoms with Gasteiger partial charge in [-0.05, 0) is 38.3 Å². The second-order valence-electron chi connectivity index (χ2n) is 11.0. The minimum Gasteiger partial charge on any atom is -0.444 e. The van der Waals surface area contributed by atoms with Crippen LogP contribution in [0, 0.1) is 5.41 Å². The molecule has 3 aliphatic rings. The van der Waals surface area contributed by atoms with Gasteiger partial charge >= 0.3 is 6.09 Å². The topological polar surface area (TPSA) is 62.3 Å². The maximum atomic E-state index is 13.4. The third kappa shape index (κ3) is 4.30. The summed E-state index contributed by atoms with van der Waals surface area (Å²) in [6.45, 7) is 9.39. The molecule has 3 fully saturated rings. The van der Waals surface area contributed by atoms with Crippen LogP contribution in [-0.2, 0) is 27.5 Å². The van der Waals surface area contributed by atoms with Crippen LogP contribution in [0.3, 0.4) is 0 Å². The number of rotatable bonds is 5. The molecule has 0 bridgehead atoms. The van der Waals surface area contributed by atoms with E-state index < -0.39 is 17.2 Å². The standard InChI is InChI=1S/C27H33N3O4/c1-25(2,3)34-24(32)29-19-26(17-28(18-26)14-21-10-6-4-7-11-21)16-27(29)20-30(23(27)31)33-15-22-12-8-5-9-13-22/h4-13H,14-20H2,1-3H3. The Labute approximate surface area is 201 Å². The highest BCUT2D eigenvalue weighted by Crippen LogP contribution is 2.52. The van der Waals surface area contributed by atoms with Crippen molar-refractivity contribution in [3.8, 4) is 0 Å². The molecule has 180 valence electrons. The molecule has 2 aromatic rings. The van der Waals surface area contributed by atoms with Crippen molar-refractivity contribution >= 4 is 12.0 Å². The predicted molar refractivity (Wildman–Crippen MR) is 127 cm³/mol. The third-order valence-electron chi connectivity index (χ3n) is 6.92. The first-order valence-electron chi connectivity index (χ1n) is 11.9. The molecule has 3 aliphatic heterocycles. The molecule has 0 aliphatic carbocycles. The van der Waals surface area contributed by atoms with Gasteiger partial charge in [0, 0.05) is 31.6 Å². The van der Waals surface area contributed by atoms with E-state index in [2.05, 4.69) is 29.2 Å². The smallest absolute Gasteiger partial charge is 0.411 e. The fraction of sp³-hybridized carbons (Fsp3) is 0.481. The third-order valence-corrected chi connectivity index (χ3v) is 6.92. The minimum absolute atomic E-state index is 0.0904. The largest absolute Gasteiger partial charge is 0.444 e. The van der Waals surface area contributed by atoms with Crippen molar-refractivity contribution in [3.05, 3.63) is 71.8 Å². The number of carbonyl (C=O) groups is 2. The zero-order chi connectivity index (χ0) is 24.0. The van der Waals surface area contributed by atoms with Gasteiger partial charge in [0.1, 0.15) is 17.7 Å². The van der Waals surface area contributed by atoms with Crippen molar-refractivity contribution in [1.29, 1.82) is 0 Å². The molecule has 1 unspecified atom stereocenters. The molecule has 5 rings (SSSR count). The van der Waals surface area contributed by atoms with Crippen LogP contribution in [-0.4, -0.2) is 64.2 Å². The van der Waals surface area contributed by atoms with Crippen LogP contribution in [0.5, 0.6) is 0 Å². The lowest BCUT2D eigenvalue weighted by Gasteiger charge is -2.51. The molecule has 1 atom stereocenters. The molecule has 2 aromatic carbocycles. The molecule has 7 nitrogen and oxygen atoms in total. The summed E-state index contributed by atoms with van der Waals surface area (Å²) in [5.74, 6) is -0.146. The monoisotopic (exact) mass is 463 g/mol. The summed E-state index contributed by atoms with van der Waals surface area (Å²) in [6.07, 6.45) is 0.233. The van der Waals surface area contributed by atoms with Gasteiger partial charge in [0.2, 0.25) is 0 Å². The van der Waals surface area contributed by atoms with Crippen molar-refractivity contribution in [2.24, 2.45) is 5.41 Å². The van der Waals surface area contributed by atoms with Crippen molar-refractivity contribution in [3.63, 3.8) is 0 Å². The summed E-state index contributed by atoms with van der Waals surface area (Å²) in [6, 6.07) is 20.2. The van der Waals surface area contributed by atoms with E-state index in [4.69, 9.17) is 9.57 Å². The summed E-state index contributed by atoms with van der Waals surface area (Å²) >= 11 is 0. The molecule has 3 heterocycles. The molecule has 0 aromatic heterocycles. The zero-order valence-electron chi connectivity index (χ0n) is 20.2. The van der Waals surface area contributed by atoms with E-state index in [1.807, 2.05) is 57.2 Å². The Morgan fingerprint density at radius 1 is 0.912 bits per heavy atom. The zero-order valence-corrected chi connectivity index (χ0v) is 20.2. The van der Waals surface area contributed by atoms with E-state index in [0.717, 1.165) is 25.2 Å². The van der Waals surface area contributed by atoms with Gasteiger partial charge in [0.25, 0.3) is 5.91 Å². The lowest BCUT2D eigenvalue weighted by molar-refractivity contribution is -0.241. The summed E-state index contributed by atoms with van der Waals surface area (Å²) in [4.78, 5) is 36.5. The van der Waals surface area contributed by atoms with Crippen LogP contribution in [0.1, 0.15) is 38.3 Å². The number of benzene rings is 2. The Bertz CT molecular complexity index is 1050. The Morgan fingerprint density at radius 3 is 2.12 bits per heavy atom. The van der Waals surface area contributed by atoms with Crippen LogP contribution >= 0.6 is 0 Å². The molecule has 2 spiro atoms. The summed E-state index contributed by atoms with van der Waals surface area (Å²) in [7, 11) is 0. The number of carbonyl (C=O) groups excluding carboxylic acids is 2. The van der Waals surface area contributed by atoms with Gasteiger partial charge in [0.15, 0.2) is 0 Å². The average Bonchev–Trinajstić information content (AvgIpc) is 3.15. The second kappa shape index (κ2) is 8.40. The lowest BCUT2D eigenvalue weighted by atomic mass is 9.72. The Balaban J connectivity index is 1.28. The van der Waals surface area contributed by atoms with Crippen molar-refractivity contribution in [2.45, 2.75) is 51.5 Å². The number of nitrogens with zero attached hydrogens (tertiary/aromatic N) is 3. The highest BCUT2D eigenvalue weighted by Gasteiger charge is 2.69. The molecule has 34 heavy (non-hydrogen) atoms. The summed E-state index contributed by atoms with van der Waals surface area (Å²) < 4.78 is 5.71. The first-order valence-corrected chi connectivity index (χ1v) is 11.9. The number of ether oxygens (including phenoxy) is 1. The van der Waals surface area contributed by atoms with Gasteiger partial charge in [0.05, 0.1) is 6.54 Å². The molecular weight excluding hydrogens is 430 g/mol. The van der Waals surface area contributed by atoms with Gasteiger partial charge in [-0.25, -0.2) is 9.86 Å². The fourth-order valence-electron chi connectivity index (χ4n) is 5.56. The number of likely N-dealkylation sites (tertiary alicyclic amines) is 2. The van der Waals surface area contributed by atoms with Gasteiger partial charge in [-0.3, -0.25) is 19.4 Å². The molecule has 0 saturated carbocycles. The van der Waals surface area contributed by atoms with Gasteiger partial charge in [-0.15, -0.1) is 0 Å². The summed E-state index contributed by atoms with van der Waals surface area (Å²) in [5.41, 5.74) is 0.682. The van der Waals surface area contributed by atoms with E-state index in [-0.39, 0.29) is 11.3 Å². The van der Waals surface area contributed by atoms with Crippen molar-refractivity contribution in [2.75, 3.05) is 26.2 Å². The van der Waals surface area contributed by atoms with Crippen molar-refractivity contribution < 1.29 is 19.2 Å². The van der Waals surface area contributed by atoms with Crippen molar-refractivity contribution in [1.82, 2.24) is 14.9 Å². The number of amides is 2. The number of hydroxylamine groups is 2. The maximum absolute atomic E-state index is 13.4. The van der Waals surface area contributed by atoms with Crippen LogP contribution in [0.15, 0.2) is 60.7 Å². The van der Waals surface area contributed by atoms with Crippen LogP contribution in [0.4, 0.5) is 4.79 Å². The molecule has 3 saturated heterocycles. The molecule has 7 heteroatoms. The van der Waals surface area contributed by atoms with Crippen LogP contribution in [0.25, 0.3) is 0 Å². The number of β-lactam (4-membered cyclic amide) rings is 1. The summed E-state index contributed by atoms with van der Waals surface area (Å²) in [5, 5.41) is 1.41. The van der Waals surface area contributed by atoms with E-state index in [1.54, 1.807) is 4.90 Å². The average molecular weight is 464 g/mol. The second-order valence-corrected chi connectivity index (χ2v) is 11.0. The lowest BCUT2D eigenvalue weighted by Crippen LogP contribution is -2.72. The number of hydrogen-bond donors (Lipinski definition) is 0. The predicted octanol–water partition coefficient (Wildman–Crippen LogP) is 3.84. The van der Waals surface area contributed by atoms with Gasteiger partial charge in [-0.1, -0.05) is 60.7 Å². The van der Waals surface area contributed by atoms with E-state index in [9.17, 15) is 9.59 Å². The van der Waals surface area contributed by atoms with Crippen LogP contribution in [0.2, 0.25) is 0 Å². The van der Waals surface area contributed by atoms with E-state index in [1.165, 1.54) is 10.6 Å². The minimum atomic E-state index is -0.877. The Hall–Kier alpha value is -2.90. The van der Waals surface area contributed by atoms with Crippen LogP contribution < -0.4 is 0 Å². The van der Waals surface area contributed by atoms with Gasteiger partial charge in [-0.2, -0.15) is 0 Å². The highest BCUT2D eigenvalue weighted by atomic mass is 16.7. The fourth-order valence-corrected chi connectivity index (χ4v) is 5.56. The normalized spacial score (nSPS) is 23.8. The first-order chi connectivity index (χ1) is 16.2. The Kier molecular flexibility index (Phi) is 5.65. The molecule has 2 amide bonds. The highest BCUT2D eigenvalue weighted by molar-refractivity contribution is 5.95.